The molecule has 0 bridgehead atoms. The zero-order valence-corrected chi connectivity index (χ0v) is 14.9. The molecule has 2 aromatic carbocycles. The highest BCUT2D eigenvalue weighted by Gasteiger charge is 2.09. The smallest absolute Gasteiger partial charge is 0.122 e. The van der Waals surface area contributed by atoms with Crippen LogP contribution in [0.2, 0.25) is 0 Å². The lowest BCUT2D eigenvalue weighted by Crippen LogP contribution is -2.23. The monoisotopic (exact) mass is 352 g/mol. The van der Waals surface area contributed by atoms with Gasteiger partial charge in [-0.25, -0.2) is 4.98 Å². The number of aryl methyl sites for hydroxylation is 2. The van der Waals surface area contributed by atoms with Gasteiger partial charge in [-0.2, -0.15) is 0 Å². The number of aromatic nitrogens is 2. The Morgan fingerprint density at radius 3 is 2.62 bits per heavy atom. The number of rotatable bonds is 9. The van der Waals surface area contributed by atoms with Crippen molar-refractivity contribution in [3.8, 4) is 11.5 Å². The van der Waals surface area contributed by atoms with E-state index < -0.39 is 6.10 Å². The Hall–Kier alpha value is -2.79. The Morgan fingerprint density at radius 2 is 1.88 bits per heavy atom. The Balaban J connectivity index is 1.55. The van der Waals surface area contributed by atoms with Crippen LogP contribution < -0.4 is 9.47 Å². The minimum absolute atomic E-state index is 0.248. The minimum atomic E-state index is -0.584. The van der Waals surface area contributed by atoms with Crippen LogP contribution in [0.3, 0.4) is 0 Å². The summed E-state index contributed by atoms with van der Waals surface area (Å²) in [4.78, 5) is 3.97. The van der Waals surface area contributed by atoms with Crippen LogP contribution in [-0.4, -0.2) is 34.5 Å². The molecule has 0 saturated carbocycles. The van der Waals surface area contributed by atoms with Crippen LogP contribution >= 0.6 is 0 Å². The lowest BCUT2D eigenvalue weighted by Gasteiger charge is -2.15. The van der Waals surface area contributed by atoms with Crippen LogP contribution in [0.4, 0.5) is 0 Å². The number of imidazole rings is 1. The lowest BCUT2D eigenvalue weighted by molar-refractivity contribution is 0.0920. The van der Waals surface area contributed by atoms with Crippen molar-refractivity contribution in [2.24, 2.45) is 0 Å². The van der Waals surface area contributed by atoms with Gasteiger partial charge in [0.05, 0.1) is 20.0 Å². The SMILES string of the molecule is COc1ccc(CCc2ccccc2OCC(O)Cn2ccnc2)cc1. The van der Waals surface area contributed by atoms with E-state index in [1.807, 2.05) is 41.1 Å². The highest BCUT2D eigenvalue weighted by atomic mass is 16.5. The van der Waals surface area contributed by atoms with Crippen molar-refractivity contribution in [3.05, 3.63) is 78.4 Å². The molecule has 5 heteroatoms. The first-order valence-corrected chi connectivity index (χ1v) is 8.72. The zero-order valence-electron chi connectivity index (χ0n) is 14.9. The largest absolute Gasteiger partial charge is 0.497 e. The summed E-state index contributed by atoms with van der Waals surface area (Å²) in [5.74, 6) is 1.69. The molecule has 1 atom stereocenters. The van der Waals surface area contributed by atoms with E-state index in [4.69, 9.17) is 9.47 Å². The molecule has 3 aromatic rings. The first kappa shape index (κ1) is 18.0. The van der Waals surface area contributed by atoms with Crippen molar-refractivity contribution in [1.82, 2.24) is 9.55 Å². The van der Waals surface area contributed by atoms with E-state index in [0.29, 0.717) is 6.54 Å². The molecule has 5 nitrogen and oxygen atoms in total. The predicted octanol–water partition coefficient (Wildman–Crippen LogP) is 3.12. The highest BCUT2D eigenvalue weighted by molar-refractivity contribution is 5.35. The average Bonchev–Trinajstić information content (AvgIpc) is 3.18. The quantitative estimate of drug-likeness (QED) is 0.643. The van der Waals surface area contributed by atoms with E-state index in [9.17, 15) is 5.11 Å². The summed E-state index contributed by atoms with van der Waals surface area (Å²) in [6, 6.07) is 16.1. The van der Waals surface area contributed by atoms with Gasteiger partial charge in [-0.1, -0.05) is 30.3 Å². The fourth-order valence-corrected chi connectivity index (χ4v) is 2.80. The third kappa shape index (κ3) is 5.10. The summed E-state index contributed by atoms with van der Waals surface area (Å²) in [6.07, 6.45) is 6.42. The van der Waals surface area contributed by atoms with Gasteiger partial charge in [0.2, 0.25) is 0 Å². The second kappa shape index (κ2) is 9.06. The van der Waals surface area contributed by atoms with Crippen molar-refractivity contribution in [2.75, 3.05) is 13.7 Å². The molecule has 3 rings (SSSR count). The molecule has 136 valence electrons. The molecule has 0 radical (unpaired) electrons. The van der Waals surface area contributed by atoms with Gasteiger partial charge in [0.1, 0.15) is 24.2 Å². The number of benzene rings is 2. The molecule has 0 aliphatic rings. The first-order valence-electron chi connectivity index (χ1n) is 8.72. The summed E-state index contributed by atoms with van der Waals surface area (Å²) in [5.41, 5.74) is 2.39. The molecule has 0 spiro atoms. The molecule has 0 amide bonds. The molecule has 1 N–H and O–H groups in total. The number of aliphatic hydroxyl groups excluding tert-OH is 1. The standard InChI is InChI=1S/C21H24N2O3/c1-25-20-10-7-17(8-11-20)6-9-18-4-2-3-5-21(18)26-15-19(24)14-23-13-12-22-16-23/h2-5,7-8,10-13,16,19,24H,6,9,14-15H2,1H3. The molecular weight excluding hydrogens is 328 g/mol. The maximum absolute atomic E-state index is 10.1. The number of hydrogen-bond acceptors (Lipinski definition) is 4. The average molecular weight is 352 g/mol. The summed E-state index contributed by atoms with van der Waals surface area (Å²) in [7, 11) is 1.67. The van der Waals surface area contributed by atoms with Crippen LogP contribution in [0.5, 0.6) is 11.5 Å². The molecule has 0 fully saturated rings. The topological polar surface area (TPSA) is 56.5 Å². The van der Waals surface area contributed by atoms with Crippen LogP contribution in [0.1, 0.15) is 11.1 Å². The van der Waals surface area contributed by atoms with Gasteiger partial charge in [-0.05, 0) is 42.2 Å². The van der Waals surface area contributed by atoms with Crippen molar-refractivity contribution in [1.29, 1.82) is 0 Å². The second-order valence-electron chi connectivity index (χ2n) is 6.18. The Labute approximate surface area is 153 Å². The molecule has 1 unspecified atom stereocenters. The molecule has 1 heterocycles. The molecule has 26 heavy (non-hydrogen) atoms. The van der Waals surface area contributed by atoms with E-state index in [-0.39, 0.29) is 6.61 Å². The van der Waals surface area contributed by atoms with Crippen LogP contribution in [0, 0.1) is 0 Å². The van der Waals surface area contributed by atoms with Crippen LogP contribution in [0.25, 0.3) is 0 Å². The maximum Gasteiger partial charge on any atom is 0.122 e. The summed E-state index contributed by atoms with van der Waals surface area (Å²) >= 11 is 0. The maximum atomic E-state index is 10.1. The van der Waals surface area contributed by atoms with Crippen LogP contribution in [-0.2, 0) is 19.4 Å². The zero-order chi connectivity index (χ0) is 18.2. The summed E-state index contributed by atoms with van der Waals surface area (Å²) < 4.78 is 12.9. The van der Waals surface area contributed by atoms with Gasteiger partial charge in [0.15, 0.2) is 0 Å². The summed E-state index contributed by atoms with van der Waals surface area (Å²) in [5, 5.41) is 10.1. The van der Waals surface area contributed by atoms with Crippen molar-refractivity contribution in [2.45, 2.75) is 25.5 Å². The third-order valence-corrected chi connectivity index (χ3v) is 4.23. The number of hydrogen-bond donors (Lipinski definition) is 1. The fourth-order valence-electron chi connectivity index (χ4n) is 2.80. The van der Waals surface area contributed by atoms with Crippen molar-refractivity contribution in [3.63, 3.8) is 0 Å². The van der Waals surface area contributed by atoms with E-state index in [1.54, 1.807) is 19.6 Å². The molecule has 0 aliphatic heterocycles. The highest BCUT2D eigenvalue weighted by Crippen LogP contribution is 2.21. The van der Waals surface area contributed by atoms with E-state index in [0.717, 1.165) is 29.9 Å². The minimum Gasteiger partial charge on any atom is -0.497 e. The molecule has 1 aromatic heterocycles. The Morgan fingerprint density at radius 1 is 1.08 bits per heavy atom. The molecular formula is C21H24N2O3. The predicted molar refractivity (Wildman–Crippen MR) is 101 cm³/mol. The van der Waals surface area contributed by atoms with Gasteiger partial charge in [-0.15, -0.1) is 0 Å². The number of ether oxygens (including phenoxy) is 2. The Bertz CT molecular complexity index is 785. The van der Waals surface area contributed by atoms with Gasteiger partial charge >= 0.3 is 0 Å². The van der Waals surface area contributed by atoms with E-state index in [2.05, 4.69) is 23.2 Å². The van der Waals surface area contributed by atoms with Gasteiger partial charge in [-0.3, -0.25) is 0 Å². The number of aliphatic hydroxyl groups is 1. The van der Waals surface area contributed by atoms with E-state index >= 15 is 0 Å². The second-order valence-corrected chi connectivity index (χ2v) is 6.18. The van der Waals surface area contributed by atoms with Crippen LogP contribution in [0.15, 0.2) is 67.3 Å². The Kier molecular flexibility index (Phi) is 6.28. The molecule has 0 saturated heterocycles. The molecule has 0 aliphatic carbocycles. The number of para-hydroxylation sites is 1. The summed E-state index contributed by atoms with van der Waals surface area (Å²) in [6.45, 7) is 0.714. The first-order chi connectivity index (χ1) is 12.7. The fraction of sp³-hybridized carbons (Fsp3) is 0.286. The normalized spacial score (nSPS) is 11.9. The number of methoxy groups -OCH3 is 1. The van der Waals surface area contributed by atoms with Crippen molar-refractivity contribution < 1.29 is 14.6 Å². The lowest BCUT2D eigenvalue weighted by atomic mass is 10.0. The van der Waals surface area contributed by atoms with Crippen molar-refractivity contribution >= 4 is 0 Å². The van der Waals surface area contributed by atoms with Gasteiger partial charge in [0, 0.05) is 12.4 Å². The van der Waals surface area contributed by atoms with Gasteiger partial charge < -0.3 is 19.1 Å². The third-order valence-electron chi connectivity index (χ3n) is 4.23. The van der Waals surface area contributed by atoms with Gasteiger partial charge in [0.25, 0.3) is 0 Å². The van der Waals surface area contributed by atoms with E-state index in [1.165, 1.54) is 5.56 Å². The number of nitrogens with zero attached hydrogens (tertiary/aromatic N) is 2.